The van der Waals surface area contributed by atoms with Crippen molar-refractivity contribution in [1.82, 2.24) is 10.3 Å². The lowest BCUT2D eigenvalue weighted by Crippen LogP contribution is -2.27. The van der Waals surface area contributed by atoms with Crippen molar-refractivity contribution >= 4 is 22.7 Å². The maximum Gasteiger partial charge on any atom is 0.107 e. The van der Waals surface area contributed by atoms with Crippen molar-refractivity contribution in [3.8, 4) is 0 Å². The summed E-state index contributed by atoms with van der Waals surface area (Å²) in [6.07, 6.45) is 1.10. The summed E-state index contributed by atoms with van der Waals surface area (Å²) in [7, 11) is 0. The highest BCUT2D eigenvalue weighted by atomic mass is 32.1. The number of aryl methyl sites for hydroxylation is 2. The third-order valence-corrected chi connectivity index (χ3v) is 4.73. The van der Waals surface area contributed by atoms with Crippen molar-refractivity contribution in [1.29, 1.82) is 0 Å². The van der Waals surface area contributed by atoms with Gasteiger partial charge in [-0.2, -0.15) is 0 Å². The van der Waals surface area contributed by atoms with E-state index in [4.69, 9.17) is 0 Å². The minimum atomic E-state index is 0.498. The van der Waals surface area contributed by atoms with Gasteiger partial charge < -0.3 is 5.32 Å². The maximum absolute atomic E-state index is 4.54. The van der Waals surface area contributed by atoms with Gasteiger partial charge in [-0.05, 0) is 38.6 Å². The number of thiophene rings is 1. The number of nitrogens with zero attached hydrogens (tertiary/aromatic N) is 1. The molecule has 0 spiro atoms. The molecule has 2 aromatic heterocycles. The van der Waals surface area contributed by atoms with Crippen LogP contribution in [0.5, 0.6) is 0 Å². The van der Waals surface area contributed by atoms with Crippen LogP contribution in [-0.4, -0.2) is 11.0 Å². The fourth-order valence-corrected chi connectivity index (χ4v) is 3.40. The monoisotopic (exact) mass is 266 g/mol. The lowest BCUT2D eigenvalue weighted by molar-refractivity contribution is 0.547. The van der Waals surface area contributed by atoms with Crippen molar-refractivity contribution in [3.05, 3.63) is 38.0 Å². The zero-order valence-electron chi connectivity index (χ0n) is 10.5. The summed E-state index contributed by atoms with van der Waals surface area (Å²) in [5.74, 6) is 0. The number of aromatic nitrogens is 1. The van der Waals surface area contributed by atoms with Crippen LogP contribution in [0.2, 0.25) is 0 Å². The summed E-state index contributed by atoms with van der Waals surface area (Å²) < 4.78 is 0. The molecule has 0 aliphatic rings. The van der Waals surface area contributed by atoms with Gasteiger partial charge in [-0.25, -0.2) is 4.98 Å². The number of hydrogen-bond donors (Lipinski definition) is 1. The van der Waals surface area contributed by atoms with Crippen molar-refractivity contribution in [2.45, 2.75) is 39.8 Å². The molecular formula is C13H18N2S2. The first-order chi connectivity index (χ1) is 8.15. The smallest absolute Gasteiger partial charge is 0.107 e. The van der Waals surface area contributed by atoms with E-state index in [-0.39, 0.29) is 0 Å². The van der Waals surface area contributed by atoms with Crippen LogP contribution >= 0.6 is 22.7 Å². The second kappa shape index (κ2) is 5.76. The molecule has 1 atom stereocenters. The largest absolute Gasteiger partial charge is 0.308 e. The van der Waals surface area contributed by atoms with Crippen LogP contribution in [0.25, 0.3) is 0 Å². The van der Waals surface area contributed by atoms with Gasteiger partial charge in [0.15, 0.2) is 0 Å². The Kier molecular flexibility index (Phi) is 4.31. The van der Waals surface area contributed by atoms with E-state index in [1.165, 1.54) is 14.8 Å². The molecule has 2 heterocycles. The molecule has 2 nitrogen and oxygen atoms in total. The number of hydrogen-bond acceptors (Lipinski definition) is 4. The van der Waals surface area contributed by atoms with E-state index in [0.717, 1.165) is 18.7 Å². The lowest BCUT2D eigenvalue weighted by atomic mass is 10.2. The molecule has 92 valence electrons. The quantitative estimate of drug-likeness (QED) is 0.895. The van der Waals surface area contributed by atoms with Crippen LogP contribution in [-0.2, 0) is 13.0 Å². The Morgan fingerprint density at radius 1 is 1.41 bits per heavy atom. The normalized spacial score (nSPS) is 12.9. The Morgan fingerprint density at radius 3 is 2.82 bits per heavy atom. The number of thiazole rings is 1. The van der Waals surface area contributed by atoms with E-state index >= 15 is 0 Å². The van der Waals surface area contributed by atoms with Gasteiger partial charge in [-0.3, -0.25) is 0 Å². The van der Waals surface area contributed by atoms with Gasteiger partial charge in [0.1, 0.15) is 5.01 Å². The molecule has 1 N–H and O–H groups in total. The first-order valence-electron chi connectivity index (χ1n) is 5.84. The molecule has 0 saturated heterocycles. The SMILES string of the molecule is Cc1nc(CNC(C)Cc2cccs2)sc1C. The molecule has 2 rings (SSSR count). The molecule has 0 aliphatic carbocycles. The second-order valence-corrected chi connectivity index (χ2v) is 6.63. The molecule has 0 fully saturated rings. The van der Waals surface area contributed by atoms with Crippen molar-refractivity contribution in [3.63, 3.8) is 0 Å². The van der Waals surface area contributed by atoms with E-state index < -0.39 is 0 Å². The van der Waals surface area contributed by atoms with Crippen LogP contribution in [0.1, 0.15) is 27.4 Å². The van der Waals surface area contributed by atoms with E-state index in [1.54, 1.807) is 11.3 Å². The molecule has 0 amide bonds. The zero-order valence-corrected chi connectivity index (χ0v) is 12.1. The molecule has 4 heteroatoms. The highest BCUT2D eigenvalue weighted by Crippen LogP contribution is 2.16. The average molecular weight is 266 g/mol. The lowest BCUT2D eigenvalue weighted by Gasteiger charge is -2.11. The van der Waals surface area contributed by atoms with Crippen LogP contribution in [0, 0.1) is 13.8 Å². The van der Waals surface area contributed by atoms with Gasteiger partial charge in [-0.15, -0.1) is 22.7 Å². The molecule has 17 heavy (non-hydrogen) atoms. The summed E-state index contributed by atoms with van der Waals surface area (Å²) in [6.45, 7) is 7.31. The maximum atomic E-state index is 4.54. The summed E-state index contributed by atoms with van der Waals surface area (Å²) in [5.41, 5.74) is 1.16. The minimum Gasteiger partial charge on any atom is -0.308 e. The van der Waals surface area contributed by atoms with Gasteiger partial charge in [0, 0.05) is 22.3 Å². The molecule has 0 saturated carbocycles. The van der Waals surface area contributed by atoms with Gasteiger partial charge in [0.05, 0.1) is 5.69 Å². The zero-order chi connectivity index (χ0) is 12.3. The van der Waals surface area contributed by atoms with Crippen molar-refractivity contribution in [2.24, 2.45) is 0 Å². The van der Waals surface area contributed by atoms with Gasteiger partial charge in [0.2, 0.25) is 0 Å². The van der Waals surface area contributed by atoms with Crippen LogP contribution in [0.3, 0.4) is 0 Å². The van der Waals surface area contributed by atoms with Crippen LogP contribution in [0.4, 0.5) is 0 Å². The van der Waals surface area contributed by atoms with E-state index in [0.29, 0.717) is 6.04 Å². The minimum absolute atomic E-state index is 0.498. The highest BCUT2D eigenvalue weighted by Gasteiger charge is 2.07. The third-order valence-electron chi connectivity index (χ3n) is 2.76. The fraction of sp³-hybridized carbons (Fsp3) is 0.462. The Bertz CT molecular complexity index is 440. The predicted molar refractivity (Wildman–Crippen MR) is 75.9 cm³/mol. The Morgan fingerprint density at radius 2 is 2.24 bits per heavy atom. The Labute approximate surface area is 111 Å². The van der Waals surface area contributed by atoms with Crippen molar-refractivity contribution in [2.75, 3.05) is 0 Å². The molecule has 0 aromatic carbocycles. The molecule has 0 aliphatic heterocycles. The predicted octanol–water partition coefficient (Wildman–Crippen LogP) is 3.54. The first-order valence-corrected chi connectivity index (χ1v) is 7.53. The Balaban J connectivity index is 1.81. The number of rotatable bonds is 5. The summed E-state index contributed by atoms with van der Waals surface area (Å²) in [4.78, 5) is 7.31. The molecule has 1 unspecified atom stereocenters. The fourth-order valence-electron chi connectivity index (χ4n) is 1.68. The van der Waals surface area contributed by atoms with Crippen molar-refractivity contribution < 1.29 is 0 Å². The highest BCUT2D eigenvalue weighted by molar-refractivity contribution is 7.11. The third kappa shape index (κ3) is 3.63. The van der Waals surface area contributed by atoms with E-state index in [1.807, 2.05) is 11.3 Å². The van der Waals surface area contributed by atoms with Gasteiger partial charge in [-0.1, -0.05) is 6.07 Å². The number of nitrogens with one attached hydrogen (secondary N) is 1. The van der Waals surface area contributed by atoms with E-state index in [2.05, 4.69) is 48.6 Å². The molecule has 0 bridgehead atoms. The molecule has 2 aromatic rings. The first kappa shape index (κ1) is 12.7. The van der Waals surface area contributed by atoms with Crippen LogP contribution in [0.15, 0.2) is 17.5 Å². The summed E-state index contributed by atoms with van der Waals surface area (Å²) in [5, 5.41) is 6.86. The average Bonchev–Trinajstić information content (AvgIpc) is 2.87. The molecule has 0 radical (unpaired) electrons. The summed E-state index contributed by atoms with van der Waals surface area (Å²) in [6, 6.07) is 4.80. The topological polar surface area (TPSA) is 24.9 Å². The molecular weight excluding hydrogens is 248 g/mol. The summed E-state index contributed by atoms with van der Waals surface area (Å²) >= 11 is 3.62. The van der Waals surface area contributed by atoms with Gasteiger partial charge >= 0.3 is 0 Å². The Hall–Kier alpha value is -0.710. The second-order valence-electron chi connectivity index (χ2n) is 4.31. The van der Waals surface area contributed by atoms with Crippen LogP contribution < -0.4 is 5.32 Å². The standard InChI is InChI=1S/C13H18N2S2/c1-9(7-12-5-4-6-16-12)14-8-13-15-10(2)11(3)17-13/h4-6,9,14H,7-8H2,1-3H3. The van der Waals surface area contributed by atoms with E-state index in [9.17, 15) is 0 Å². The van der Waals surface area contributed by atoms with Gasteiger partial charge in [0.25, 0.3) is 0 Å².